The minimum Gasteiger partial charge on any atom is -0.465 e. The summed E-state index contributed by atoms with van der Waals surface area (Å²) in [6.45, 7) is 4.16. The molecular weight excluding hydrogens is 252 g/mol. The van der Waals surface area contributed by atoms with E-state index >= 15 is 0 Å². The second-order valence-corrected chi connectivity index (χ2v) is 5.99. The van der Waals surface area contributed by atoms with Gasteiger partial charge in [-0.25, -0.2) is 4.79 Å². The van der Waals surface area contributed by atoms with Gasteiger partial charge < -0.3 is 15.8 Å². The summed E-state index contributed by atoms with van der Waals surface area (Å²) < 4.78 is 4.80. The zero-order chi connectivity index (χ0) is 14.8. The van der Waals surface area contributed by atoms with Gasteiger partial charge in [-0.2, -0.15) is 0 Å². The van der Waals surface area contributed by atoms with Gasteiger partial charge in [0.15, 0.2) is 0 Å². The molecule has 0 radical (unpaired) electrons. The van der Waals surface area contributed by atoms with E-state index in [0.717, 1.165) is 24.1 Å². The number of esters is 1. The summed E-state index contributed by atoms with van der Waals surface area (Å²) in [6, 6.07) is 3.80. The Labute approximate surface area is 120 Å². The summed E-state index contributed by atoms with van der Waals surface area (Å²) in [7, 11) is 1.37. The highest BCUT2D eigenvalue weighted by molar-refractivity contribution is 5.97. The molecule has 0 heterocycles. The van der Waals surface area contributed by atoms with Crippen molar-refractivity contribution < 1.29 is 9.53 Å². The number of hydrogen-bond donors (Lipinski definition) is 2. The van der Waals surface area contributed by atoms with Gasteiger partial charge in [-0.05, 0) is 44.4 Å². The van der Waals surface area contributed by atoms with E-state index in [2.05, 4.69) is 12.2 Å². The Kier molecular flexibility index (Phi) is 4.21. The molecule has 0 amide bonds. The Morgan fingerprint density at radius 3 is 2.55 bits per heavy atom. The van der Waals surface area contributed by atoms with Crippen LogP contribution in [0.5, 0.6) is 0 Å². The van der Waals surface area contributed by atoms with Crippen molar-refractivity contribution >= 4 is 17.3 Å². The number of carbonyl (C=O) groups is 1. The molecule has 0 saturated heterocycles. The number of nitrogen functional groups attached to an aromatic ring is 1. The molecule has 20 heavy (non-hydrogen) atoms. The smallest absolute Gasteiger partial charge is 0.340 e. The van der Waals surface area contributed by atoms with Crippen molar-refractivity contribution in [3.05, 3.63) is 23.3 Å². The minimum atomic E-state index is -0.386. The summed E-state index contributed by atoms with van der Waals surface area (Å²) in [5, 5.41) is 3.58. The van der Waals surface area contributed by atoms with Crippen LogP contribution in [0.25, 0.3) is 0 Å². The second-order valence-electron chi connectivity index (χ2n) is 5.99. The van der Waals surface area contributed by atoms with E-state index in [1.54, 1.807) is 6.07 Å². The lowest BCUT2D eigenvalue weighted by Gasteiger charge is -2.35. The monoisotopic (exact) mass is 276 g/mol. The van der Waals surface area contributed by atoms with Crippen molar-refractivity contribution in [2.24, 2.45) is 0 Å². The van der Waals surface area contributed by atoms with Gasteiger partial charge in [-0.1, -0.05) is 19.3 Å². The maximum absolute atomic E-state index is 11.8. The maximum atomic E-state index is 11.8. The van der Waals surface area contributed by atoms with Crippen LogP contribution in [-0.4, -0.2) is 18.6 Å². The number of carbonyl (C=O) groups excluding carboxylic acids is 1. The predicted octanol–water partition coefficient (Wildman–Crippen LogP) is 3.50. The number of nitrogens with one attached hydrogen (secondary N) is 1. The van der Waals surface area contributed by atoms with Crippen LogP contribution in [0.1, 0.15) is 54.9 Å². The topological polar surface area (TPSA) is 64.3 Å². The summed E-state index contributed by atoms with van der Waals surface area (Å²) >= 11 is 0. The predicted molar refractivity (Wildman–Crippen MR) is 82.0 cm³/mol. The molecule has 0 bridgehead atoms. The largest absolute Gasteiger partial charge is 0.465 e. The zero-order valence-corrected chi connectivity index (χ0v) is 12.6. The first kappa shape index (κ1) is 14.7. The van der Waals surface area contributed by atoms with E-state index < -0.39 is 0 Å². The van der Waals surface area contributed by atoms with E-state index in [1.165, 1.54) is 26.4 Å². The molecule has 1 aliphatic carbocycles. The Morgan fingerprint density at radius 1 is 1.30 bits per heavy atom. The molecular formula is C16H24N2O2. The highest BCUT2D eigenvalue weighted by atomic mass is 16.5. The van der Waals surface area contributed by atoms with Crippen molar-refractivity contribution in [1.29, 1.82) is 0 Å². The molecule has 1 aromatic rings. The summed E-state index contributed by atoms with van der Waals surface area (Å²) in [4.78, 5) is 11.8. The molecule has 2 rings (SSSR count). The third kappa shape index (κ3) is 3.06. The van der Waals surface area contributed by atoms with Gasteiger partial charge in [0.2, 0.25) is 0 Å². The third-order valence-corrected chi connectivity index (χ3v) is 4.20. The van der Waals surface area contributed by atoms with E-state index in [9.17, 15) is 4.79 Å². The number of nitrogens with two attached hydrogens (primary N) is 1. The summed E-state index contributed by atoms with van der Waals surface area (Å²) in [5.41, 5.74) is 8.85. The van der Waals surface area contributed by atoms with Gasteiger partial charge in [0.25, 0.3) is 0 Å². The number of rotatable bonds is 3. The quantitative estimate of drug-likeness (QED) is 0.655. The molecule has 0 spiro atoms. The second kappa shape index (κ2) is 5.73. The van der Waals surface area contributed by atoms with Gasteiger partial charge in [0, 0.05) is 16.9 Å². The van der Waals surface area contributed by atoms with Gasteiger partial charge in [0.05, 0.1) is 12.7 Å². The number of benzene rings is 1. The zero-order valence-electron chi connectivity index (χ0n) is 12.6. The Bertz CT molecular complexity index is 505. The third-order valence-electron chi connectivity index (χ3n) is 4.20. The molecule has 1 aliphatic rings. The molecule has 1 fully saturated rings. The van der Waals surface area contributed by atoms with Crippen LogP contribution in [0.15, 0.2) is 12.1 Å². The van der Waals surface area contributed by atoms with Crippen molar-refractivity contribution in [2.45, 2.75) is 51.5 Å². The minimum absolute atomic E-state index is 0.105. The highest BCUT2D eigenvalue weighted by Gasteiger charge is 2.27. The number of hydrogen-bond acceptors (Lipinski definition) is 4. The maximum Gasteiger partial charge on any atom is 0.340 e. The van der Waals surface area contributed by atoms with Gasteiger partial charge in [0.1, 0.15) is 0 Å². The first-order valence-electron chi connectivity index (χ1n) is 7.22. The molecule has 0 atom stereocenters. The first-order chi connectivity index (χ1) is 9.45. The molecule has 0 unspecified atom stereocenters. The lowest BCUT2D eigenvalue weighted by Crippen LogP contribution is -2.36. The number of methoxy groups -OCH3 is 1. The highest BCUT2D eigenvalue weighted by Crippen LogP contribution is 2.33. The molecule has 110 valence electrons. The van der Waals surface area contributed by atoms with Crippen LogP contribution < -0.4 is 11.1 Å². The molecule has 1 saturated carbocycles. The SMILES string of the molecule is COC(=O)c1cc(NC2(C)CCCCC2)cc(C)c1N. The van der Waals surface area contributed by atoms with Crippen LogP contribution in [0.4, 0.5) is 11.4 Å². The Morgan fingerprint density at radius 2 is 1.95 bits per heavy atom. The van der Waals surface area contributed by atoms with E-state index in [-0.39, 0.29) is 11.5 Å². The normalized spacial score (nSPS) is 17.6. The lowest BCUT2D eigenvalue weighted by molar-refractivity contribution is 0.0602. The average Bonchev–Trinajstić information content (AvgIpc) is 2.42. The van der Waals surface area contributed by atoms with Crippen molar-refractivity contribution in [3.63, 3.8) is 0 Å². The van der Waals surface area contributed by atoms with E-state index in [4.69, 9.17) is 10.5 Å². The summed E-state index contributed by atoms with van der Waals surface area (Å²) in [5.74, 6) is -0.386. The van der Waals surface area contributed by atoms with Crippen molar-refractivity contribution in [2.75, 3.05) is 18.2 Å². The number of ether oxygens (including phenoxy) is 1. The Balaban J connectivity index is 2.28. The van der Waals surface area contributed by atoms with Crippen LogP contribution in [-0.2, 0) is 4.74 Å². The Hall–Kier alpha value is -1.71. The van der Waals surface area contributed by atoms with Gasteiger partial charge in [-0.15, -0.1) is 0 Å². The van der Waals surface area contributed by atoms with Gasteiger partial charge in [-0.3, -0.25) is 0 Å². The van der Waals surface area contributed by atoms with Crippen molar-refractivity contribution in [1.82, 2.24) is 0 Å². The molecule has 4 heteroatoms. The fourth-order valence-corrected chi connectivity index (χ4v) is 2.95. The lowest BCUT2D eigenvalue weighted by atomic mass is 9.83. The first-order valence-corrected chi connectivity index (χ1v) is 7.22. The molecule has 4 nitrogen and oxygen atoms in total. The van der Waals surface area contributed by atoms with Crippen LogP contribution >= 0.6 is 0 Å². The van der Waals surface area contributed by atoms with Crippen LogP contribution in [0.2, 0.25) is 0 Å². The molecule has 0 aromatic heterocycles. The molecule has 3 N–H and O–H groups in total. The molecule has 1 aromatic carbocycles. The van der Waals surface area contributed by atoms with Gasteiger partial charge >= 0.3 is 5.97 Å². The summed E-state index contributed by atoms with van der Waals surface area (Å²) in [6.07, 6.45) is 6.13. The number of anilines is 2. The van der Waals surface area contributed by atoms with Crippen LogP contribution in [0, 0.1) is 6.92 Å². The molecule has 0 aliphatic heterocycles. The van der Waals surface area contributed by atoms with Crippen molar-refractivity contribution in [3.8, 4) is 0 Å². The van der Waals surface area contributed by atoms with E-state index in [1.807, 2.05) is 13.0 Å². The fourth-order valence-electron chi connectivity index (χ4n) is 2.95. The number of aryl methyl sites for hydroxylation is 1. The van der Waals surface area contributed by atoms with Crippen LogP contribution in [0.3, 0.4) is 0 Å². The fraction of sp³-hybridized carbons (Fsp3) is 0.562. The standard InChI is InChI=1S/C16H24N2O2/c1-11-9-12(10-13(14(11)17)15(19)20-3)18-16(2)7-5-4-6-8-16/h9-10,18H,4-8,17H2,1-3H3. The average molecular weight is 276 g/mol. The van der Waals surface area contributed by atoms with E-state index in [0.29, 0.717) is 11.3 Å².